The molecule has 1 aromatic heterocycles. The number of aromatic nitrogens is 2. The first-order valence-electron chi connectivity index (χ1n) is 32.9. The number of phosphoric ester groups is 1. The normalized spacial score (nSPS) is 20.4. The quantitative estimate of drug-likeness (QED) is 0.0124. The van der Waals surface area contributed by atoms with Gasteiger partial charge in [0.2, 0.25) is 17.5 Å². The molecule has 0 saturated carbocycles. The Hall–Kier alpha value is -5.70. The highest BCUT2D eigenvalue weighted by Gasteiger charge is 2.49. The maximum Gasteiger partial charge on any atom is 0.490 e. The molecule has 6 rings (SSSR count). The SMILES string of the molecule is CC1(C)C(C=CC=C2N(CCCCCC(=O)NCCOCCOCCOCCOCCOCCC(=O)NCC#Cc3cn([C@@H]4O[C@H](COP(=O)(O)OP(=O)(O)OP(=O)(O)O)[C@@H](O)[C@H]4O)c(=O)nc3N)c3ccc(S(=O)(=O)[O-])cc3C2(C)CCCCS(=O)(=O)O)=[N+](CCCS(=O)(=O)O)c2ccc(S(=O)(=O)O)cc21. The van der Waals surface area contributed by atoms with Crippen LogP contribution in [0.1, 0.15) is 101 Å². The van der Waals surface area contributed by atoms with Crippen molar-refractivity contribution in [1.29, 1.82) is 0 Å². The first-order valence-corrected chi connectivity index (χ1v) is 43.4. The van der Waals surface area contributed by atoms with Gasteiger partial charge < -0.3 is 84.0 Å². The summed E-state index contributed by atoms with van der Waals surface area (Å²) in [7, 11) is -35.5. The number of carbonyl (C=O) groups is 2. The zero-order valence-electron chi connectivity index (χ0n) is 58.1. The molecule has 1 saturated heterocycles. The fourth-order valence-corrected chi connectivity index (χ4v) is 16.7. The van der Waals surface area contributed by atoms with E-state index in [9.17, 15) is 100.0 Å². The maximum absolute atomic E-state index is 12.8. The van der Waals surface area contributed by atoms with Crippen molar-refractivity contribution in [2.45, 2.75) is 124 Å². The molecule has 47 heteroatoms. The van der Waals surface area contributed by atoms with Crippen LogP contribution in [0.5, 0.6) is 0 Å². The molecule has 600 valence electrons. The van der Waals surface area contributed by atoms with E-state index in [4.69, 9.17) is 43.9 Å². The molecule has 3 unspecified atom stereocenters. The van der Waals surface area contributed by atoms with Gasteiger partial charge in [-0.05, 0) is 88.4 Å². The number of rotatable bonds is 46. The van der Waals surface area contributed by atoms with Gasteiger partial charge in [0.1, 0.15) is 40.8 Å². The lowest BCUT2D eigenvalue weighted by atomic mass is 9.77. The van der Waals surface area contributed by atoms with E-state index >= 15 is 0 Å². The fraction of sp³-hybridized carbons (Fsp3) is 0.583. The van der Waals surface area contributed by atoms with Crippen LogP contribution in [0.25, 0.3) is 0 Å². The fourth-order valence-electron chi connectivity index (χ4n) is 11.6. The Morgan fingerprint density at radius 1 is 0.729 bits per heavy atom. The van der Waals surface area contributed by atoms with Crippen LogP contribution in [-0.2, 0) is 116 Å². The number of nitrogen functional groups attached to an aromatic ring is 1. The molecule has 4 heterocycles. The molecule has 0 aliphatic carbocycles. The number of nitrogens with zero attached hydrogens (tertiary/aromatic N) is 4. The van der Waals surface area contributed by atoms with Crippen molar-refractivity contribution < 1.29 is 151 Å². The number of nitrogens with one attached hydrogen (secondary N) is 2. The second-order valence-electron chi connectivity index (χ2n) is 24.9. The molecule has 3 aromatic rings. The Morgan fingerprint density at radius 3 is 1.93 bits per heavy atom. The predicted octanol–water partition coefficient (Wildman–Crippen LogP) is 1.19. The van der Waals surface area contributed by atoms with Gasteiger partial charge in [-0.3, -0.25) is 32.3 Å². The van der Waals surface area contributed by atoms with Gasteiger partial charge in [0.25, 0.3) is 30.4 Å². The van der Waals surface area contributed by atoms with Crippen molar-refractivity contribution in [1.82, 2.24) is 20.2 Å². The Labute approximate surface area is 617 Å². The van der Waals surface area contributed by atoms with Gasteiger partial charge in [-0.2, -0.15) is 43.4 Å². The van der Waals surface area contributed by atoms with E-state index in [0.29, 0.717) is 64.3 Å². The summed E-state index contributed by atoms with van der Waals surface area (Å²) in [5.74, 6) is 3.06. The molecule has 3 aliphatic heterocycles. The van der Waals surface area contributed by atoms with Gasteiger partial charge in [-0.25, -0.2) is 26.9 Å². The number of fused-ring (bicyclic) bond motifs is 2. The molecular formula is C60H88N7O33P3S4. The molecular weight excluding hydrogens is 1570 g/mol. The maximum atomic E-state index is 12.8. The summed E-state index contributed by atoms with van der Waals surface area (Å²) in [4.78, 5) is 78.9. The Morgan fingerprint density at radius 2 is 1.32 bits per heavy atom. The lowest BCUT2D eigenvalue weighted by Crippen LogP contribution is -2.36. The first kappa shape index (κ1) is 90.2. The summed E-state index contributed by atoms with van der Waals surface area (Å²) in [5, 5.41) is 26.4. The number of aliphatic hydroxyl groups is 2. The van der Waals surface area contributed by atoms with E-state index < -0.39 is 134 Å². The van der Waals surface area contributed by atoms with E-state index in [1.54, 1.807) is 36.7 Å². The number of hydrogen-bond acceptors (Lipinski definition) is 29. The van der Waals surface area contributed by atoms with Crippen LogP contribution in [0.2, 0.25) is 0 Å². The zero-order chi connectivity index (χ0) is 79.4. The number of phosphoric acid groups is 3. The van der Waals surface area contributed by atoms with Crippen molar-refractivity contribution in [2.75, 3.05) is 121 Å². The molecule has 40 nitrogen and oxygen atoms in total. The number of ether oxygens (including phenoxy) is 6. The van der Waals surface area contributed by atoms with Crippen molar-refractivity contribution in [3.8, 4) is 11.8 Å². The topological polar surface area (TPSA) is 601 Å². The van der Waals surface area contributed by atoms with Crippen LogP contribution in [0, 0.1) is 11.8 Å². The van der Waals surface area contributed by atoms with E-state index in [1.807, 2.05) is 11.8 Å². The summed E-state index contributed by atoms with van der Waals surface area (Å²) in [6.07, 6.45) is 1.09. The number of unbranched alkanes of at least 4 members (excludes halogenated alkanes) is 3. The smallest absolute Gasteiger partial charge is 0.490 e. The van der Waals surface area contributed by atoms with Crippen LogP contribution in [0.4, 0.5) is 17.2 Å². The molecule has 0 radical (unpaired) electrons. The molecule has 2 amide bonds. The largest absolute Gasteiger partial charge is 0.744 e. The van der Waals surface area contributed by atoms with Crippen LogP contribution >= 0.6 is 23.5 Å². The van der Waals surface area contributed by atoms with Gasteiger partial charge in [-0.1, -0.05) is 30.8 Å². The number of carbonyl (C=O) groups excluding carboxylic acids is 2. The van der Waals surface area contributed by atoms with Crippen molar-refractivity contribution in [3.63, 3.8) is 0 Å². The summed E-state index contributed by atoms with van der Waals surface area (Å²) in [6, 6.07) is 8.04. The number of amides is 2. The minimum atomic E-state index is -5.86. The number of anilines is 2. The van der Waals surface area contributed by atoms with E-state index in [-0.39, 0.29) is 146 Å². The van der Waals surface area contributed by atoms with Gasteiger partial charge in [0.15, 0.2) is 11.9 Å². The summed E-state index contributed by atoms with van der Waals surface area (Å²) in [6.45, 7) is 6.87. The summed E-state index contributed by atoms with van der Waals surface area (Å²) >= 11 is 0. The van der Waals surface area contributed by atoms with Crippen molar-refractivity contribution >= 4 is 98.7 Å². The molecule has 1 fully saturated rings. The van der Waals surface area contributed by atoms with Crippen molar-refractivity contribution in [2.24, 2.45) is 0 Å². The summed E-state index contributed by atoms with van der Waals surface area (Å²) < 4.78 is 219. The number of allylic oxidation sites excluding steroid dienone is 4. The number of aliphatic hydroxyl groups excluding tert-OH is 2. The lowest BCUT2D eigenvalue weighted by molar-refractivity contribution is -0.437. The monoisotopic (exact) mass is 1660 g/mol. The molecule has 13 N–H and O–H groups in total. The molecule has 7 atom stereocenters. The highest BCUT2D eigenvalue weighted by atomic mass is 32.2. The highest BCUT2D eigenvalue weighted by molar-refractivity contribution is 7.86. The number of hydrogen-bond donors (Lipinski definition) is 12. The average Bonchev–Trinajstić information content (AvgIpc) is 1.58. The Kier molecular flexibility index (Phi) is 33.3. The first-order chi connectivity index (χ1) is 49.8. The van der Waals surface area contributed by atoms with Crippen LogP contribution in [0.15, 0.2) is 81.1 Å². The second kappa shape index (κ2) is 39.5. The van der Waals surface area contributed by atoms with Crippen LogP contribution in [0.3, 0.4) is 0 Å². The predicted molar refractivity (Wildman–Crippen MR) is 375 cm³/mol. The number of nitrogens with two attached hydrogens (primary N) is 1. The molecule has 2 aromatic carbocycles. The standard InChI is InChI=1S/C60H88N7O33P3S4/c1-59(2)45-38-43(106(86,87)88)16-18-47(45)65(25-11-37-105(83,84)85)50(59)13-9-14-51-60(3,21-6-8-36-104(80,81)82)46-39-44(107(89,90)91)17-19-48(46)66(51)24-7-4-5-15-52(68)63-23-27-93-29-31-95-33-35-96-34-32-94-30-28-92-26-20-53(69)62-22-10-12-42-40-67(58(72)64-56(42)61)57-55(71)54(70)49(98-57)41-97-102(76,77)100-103(78,79)99-101(73,74)75/h9,13-14,16-19,38-40,49,54-55,57,70-71H,4-8,11,15,20-37,41H2,1-3H3,(H11-,61,62,63,64,68,69,72,73,74,75,76,77,78,79,80,81,82,83,84,85,86,87,88,89,90,91)/t49-,54-,55-,57-,60?/m1/s1. The Bertz CT molecular complexity index is 4490. The minimum absolute atomic E-state index is 0.0333. The van der Waals surface area contributed by atoms with Crippen LogP contribution in [-0.4, -0.2) is 242 Å². The summed E-state index contributed by atoms with van der Waals surface area (Å²) in [5.41, 5.74) is 5.84. The second-order valence-corrected chi connectivity index (χ2v) is 35.3. The third kappa shape index (κ3) is 28.5. The third-order valence-electron chi connectivity index (χ3n) is 16.6. The van der Waals surface area contributed by atoms with E-state index in [0.717, 1.165) is 6.20 Å². The Balaban J connectivity index is 0.853. The minimum Gasteiger partial charge on any atom is -0.744 e. The molecule has 0 spiro atoms. The molecule has 3 aliphatic rings. The van der Waals surface area contributed by atoms with Gasteiger partial charge in [0, 0.05) is 73.1 Å². The lowest BCUT2D eigenvalue weighted by Gasteiger charge is -2.30. The van der Waals surface area contributed by atoms with Gasteiger partial charge in [-0.15, -0.1) is 0 Å². The van der Waals surface area contributed by atoms with Gasteiger partial charge >= 0.3 is 29.2 Å². The van der Waals surface area contributed by atoms with E-state index in [2.05, 4.69) is 40.6 Å². The zero-order valence-corrected chi connectivity index (χ0v) is 64.1. The number of benzene rings is 2. The van der Waals surface area contributed by atoms with Crippen molar-refractivity contribution in [3.05, 3.63) is 93.7 Å². The van der Waals surface area contributed by atoms with E-state index in [1.165, 1.54) is 36.4 Å². The molecule has 0 bridgehead atoms. The van der Waals surface area contributed by atoms with Crippen LogP contribution < -0.4 is 27.0 Å². The third-order valence-corrected chi connectivity index (χ3v) is 23.7. The van der Waals surface area contributed by atoms with Gasteiger partial charge in [0.05, 0.1) is 111 Å². The average molecular weight is 1660 g/mol. The molecule has 107 heavy (non-hydrogen) atoms. The highest BCUT2D eigenvalue weighted by Crippen LogP contribution is 2.66.